The van der Waals surface area contributed by atoms with Crippen LogP contribution in [0.15, 0.2) is 224 Å². The van der Waals surface area contributed by atoms with Gasteiger partial charge in [-0.25, -0.2) is 15.0 Å². The predicted molar refractivity (Wildman–Crippen MR) is 256 cm³/mol. The molecule has 0 N–H and O–H groups in total. The highest BCUT2D eigenvalue weighted by Crippen LogP contribution is 2.41. The quantitative estimate of drug-likeness (QED) is 0.162. The molecule has 12 aromatic rings. The van der Waals surface area contributed by atoms with Crippen molar-refractivity contribution >= 4 is 43.6 Å². The molecule has 0 saturated heterocycles. The van der Waals surface area contributed by atoms with Crippen molar-refractivity contribution in [2.24, 2.45) is 0 Å². The molecule has 0 aliphatic carbocycles. The number of fused-ring (bicyclic) bond motifs is 6. The second-order valence-corrected chi connectivity index (χ2v) is 15.6. The van der Waals surface area contributed by atoms with Crippen LogP contribution in [-0.2, 0) is 0 Å². The highest BCUT2D eigenvalue weighted by molar-refractivity contribution is 6.15. The van der Waals surface area contributed by atoms with Crippen molar-refractivity contribution < 1.29 is 0 Å². The van der Waals surface area contributed by atoms with Gasteiger partial charge in [0.1, 0.15) is 0 Å². The van der Waals surface area contributed by atoms with E-state index in [1.165, 1.54) is 38.1 Å². The lowest BCUT2D eigenvalue weighted by molar-refractivity contribution is 1.07. The van der Waals surface area contributed by atoms with Crippen molar-refractivity contribution in [1.82, 2.24) is 24.1 Å². The zero-order chi connectivity index (χ0) is 41.0. The molecule has 0 aliphatic heterocycles. The second-order valence-electron chi connectivity index (χ2n) is 15.6. The van der Waals surface area contributed by atoms with Crippen LogP contribution in [-0.4, -0.2) is 24.1 Å². The summed E-state index contributed by atoms with van der Waals surface area (Å²) >= 11 is 0. The topological polar surface area (TPSA) is 48.5 Å². The Hall–Kier alpha value is -8.41. The van der Waals surface area contributed by atoms with Gasteiger partial charge >= 0.3 is 0 Å². The van der Waals surface area contributed by atoms with Crippen LogP contribution in [0.5, 0.6) is 0 Å². The van der Waals surface area contributed by atoms with Gasteiger partial charge in [-0.05, 0) is 65.2 Å². The van der Waals surface area contributed by atoms with Gasteiger partial charge in [0.15, 0.2) is 17.5 Å². The maximum Gasteiger partial charge on any atom is 0.164 e. The lowest BCUT2D eigenvalue weighted by atomic mass is 10.00. The summed E-state index contributed by atoms with van der Waals surface area (Å²) < 4.78 is 4.83. The molecule has 0 unspecified atom stereocenters. The molecule has 5 heteroatoms. The van der Waals surface area contributed by atoms with E-state index < -0.39 is 0 Å². The first-order valence-corrected chi connectivity index (χ1v) is 20.9. The fourth-order valence-electron chi connectivity index (χ4n) is 9.11. The summed E-state index contributed by atoms with van der Waals surface area (Å²) in [5, 5.41) is 4.91. The summed E-state index contributed by atoms with van der Waals surface area (Å²) in [5.74, 6) is 1.92. The molecular formula is C57H37N5. The van der Waals surface area contributed by atoms with Crippen LogP contribution in [0, 0.1) is 0 Å². The average molecular weight is 792 g/mol. The number of rotatable bonds is 7. The van der Waals surface area contributed by atoms with Crippen molar-refractivity contribution in [2.45, 2.75) is 0 Å². The Kier molecular flexibility index (Phi) is 8.42. The monoisotopic (exact) mass is 791 g/mol. The molecule has 0 bridgehead atoms. The van der Waals surface area contributed by atoms with Gasteiger partial charge in [0.05, 0.1) is 22.1 Å². The van der Waals surface area contributed by atoms with Gasteiger partial charge in [0, 0.05) is 55.2 Å². The zero-order valence-electron chi connectivity index (χ0n) is 33.6. The van der Waals surface area contributed by atoms with Crippen molar-refractivity contribution in [3.63, 3.8) is 0 Å². The summed E-state index contributed by atoms with van der Waals surface area (Å²) in [5.41, 5.74) is 14.3. The van der Waals surface area contributed by atoms with E-state index in [4.69, 9.17) is 15.0 Å². The average Bonchev–Trinajstić information content (AvgIpc) is 3.87. The number of aromatic nitrogens is 5. The van der Waals surface area contributed by atoms with E-state index in [1.54, 1.807) is 0 Å². The Morgan fingerprint density at radius 2 is 0.726 bits per heavy atom. The van der Waals surface area contributed by atoms with Crippen LogP contribution >= 0.6 is 0 Å². The van der Waals surface area contributed by atoms with Gasteiger partial charge in [0.2, 0.25) is 0 Å². The summed E-state index contributed by atoms with van der Waals surface area (Å²) in [7, 11) is 0. The van der Waals surface area contributed by atoms with Crippen LogP contribution in [0.1, 0.15) is 0 Å². The molecule has 0 radical (unpaired) electrons. The van der Waals surface area contributed by atoms with Gasteiger partial charge in [-0.2, -0.15) is 0 Å². The van der Waals surface area contributed by atoms with E-state index in [0.717, 1.165) is 55.8 Å². The molecular weight excluding hydrogens is 755 g/mol. The first-order chi connectivity index (χ1) is 30.7. The minimum absolute atomic E-state index is 0.631. The lowest BCUT2D eigenvalue weighted by Gasteiger charge is -2.13. The van der Waals surface area contributed by atoms with E-state index in [9.17, 15) is 0 Å². The summed E-state index contributed by atoms with van der Waals surface area (Å²) in [6, 6.07) is 79.4. The van der Waals surface area contributed by atoms with E-state index in [0.29, 0.717) is 17.5 Å². The van der Waals surface area contributed by atoms with Gasteiger partial charge in [-0.3, -0.25) is 0 Å². The second kappa shape index (κ2) is 14.7. The Bertz CT molecular complexity index is 3570. The lowest BCUT2D eigenvalue weighted by Crippen LogP contribution is -2.00. The van der Waals surface area contributed by atoms with E-state index in [-0.39, 0.29) is 0 Å². The third-order valence-electron chi connectivity index (χ3n) is 12.0. The van der Waals surface area contributed by atoms with Crippen LogP contribution in [0.25, 0.3) is 111 Å². The number of hydrogen-bond donors (Lipinski definition) is 0. The molecule has 0 atom stereocenters. The Morgan fingerprint density at radius 3 is 1.42 bits per heavy atom. The molecule has 3 heterocycles. The standard InChI is InChI=1S/C57H37N5/c1-4-17-38(18-5-1)55-58-56(39-19-6-2-7-20-39)60-57(59-55)43-23-14-21-40(35-43)41-22-15-26-45(36-41)61-51-31-12-10-27-47(51)49-34-33-42(37-53(49)61)46-29-16-30-50-48-28-11-13-32-52(48)62(54(46)50)44-24-8-3-9-25-44/h1-37H. The first-order valence-electron chi connectivity index (χ1n) is 20.9. The highest BCUT2D eigenvalue weighted by Gasteiger charge is 2.19. The number of para-hydroxylation sites is 4. The molecule has 3 aromatic heterocycles. The Balaban J connectivity index is 1.00. The highest BCUT2D eigenvalue weighted by atomic mass is 15.0. The molecule has 0 amide bonds. The Labute approximate surface area is 358 Å². The molecule has 290 valence electrons. The summed E-state index contributed by atoms with van der Waals surface area (Å²) in [6.45, 7) is 0. The zero-order valence-corrected chi connectivity index (χ0v) is 33.6. The van der Waals surface area contributed by atoms with Crippen LogP contribution in [0.4, 0.5) is 0 Å². The molecule has 5 nitrogen and oxygen atoms in total. The molecule has 12 rings (SSSR count). The van der Waals surface area contributed by atoms with Crippen LogP contribution < -0.4 is 0 Å². The fourth-order valence-corrected chi connectivity index (χ4v) is 9.11. The fraction of sp³-hybridized carbons (Fsp3) is 0. The van der Waals surface area contributed by atoms with Gasteiger partial charge in [-0.15, -0.1) is 0 Å². The normalized spacial score (nSPS) is 11.5. The van der Waals surface area contributed by atoms with Crippen molar-refractivity contribution in [3.05, 3.63) is 224 Å². The van der Waals surface area contributed by atoms with Gasteiger partial charge in [0.25, 0.3) is 0 Å². The molecule has 0 saturated carbocycles. The number of nitrogens with zero attached hydrogens (tertiary/aromatic N) is 5. The van der Waals surface area contributed by atoms with Crippen molar-refractivity contribution in [2.75, 3.05) is 0 Å². The molecule has 0 aliphatic rings. The smallest absolute Gasteiger partial charge is 0.164 e. The van der Waals surface area contributed by atoms with Crippen molar-refractivity contribution in [3.8, 4) is 67.8 Å². The maximum absolute atomic E-state index is 5.02. The third kappa shape index (κ3) is 5.98. The Morgan fingerprint density at radius 1 is 0.258 bits per heavy atom. The third-order valence-corrected chi connectivity index (χ3v) is 12.0. The summed E-state index contributed by atoms with van der Waals surface area (Å²) in [6.07, 6.45) is 0. The first kappa shape index (κ1) is 35.5. The minimum atomic E-state index is 0.631. The molecule has 9 aromatic carbocycles. The number of benzene rings is 9. The van der Waals surface area contributed by atoms with Crippen LogP contribution in [0.3, 0.4) is 0 Å². The molecule has 0 spiro atoms. The van der Waals surface area contributed by atoms with E-state index in [1.807, 2.05) is 60.7 Å². The van der Waals surface area contributed by atoms with Crippen LogP contribution in [0.2, 0.25) is 0 Å². The van der Waals surface area contributed by atoms with Gasteiger partial charge < -0.3 is 9.13 Å². The molecule has 0 fully saturated rings. The minimum Gasteiger partial charge on any atom is -0.309 e. The molecule has 62 heavy (non-hydrogen) atoms. The maximum atomic E-state index is 5.02. The van der Waals surface area contributed by atoms with E-state index in [2.05, 4.69) is 173 Å². The number of hydrogen-bond acceptors (Lipinski definition) is 3. The summed E-state index contributed by atoms with van der Waals surface area (Å²) in [4.78, 5) is 15.0. The SMILES string of the molecule is c1ccc(-c2nc(-c3ccccc3)nc(-c3cccc(-c4cccc(-n5c6ccccc6c6ccc(-c7cccc8c9ccccc9n(-c9ccccc9)c78)cc65)c4)c3)n2)cc1. The van der Waals surface area contributed by atoms with E-state index >= 15 is 0 Å². The largest absolute Gasteiger partial charge is 0.309 e. The van der Waals surface area contributed by atoms with Gasteiger partial charge in [-0.1, -0.05) is 176 Å². The van der Waals surface area contributed by atoms with Crippen molar-refractivity contribution in [1.29, 1.82) is 0 Å². The predicted octanol–water partition coefficient (Wildman–Crippen LogP) is 14.4.